The minimum absolute atomic E-state index is 0.587. The molecule has 126 valence electrons. The number of benzene rings is 1. The van der Waals surface area contributed by atoms with Crippen molar-refractivity contribution >= 4 is 0 Å². The summed E-state index contributed by atoms with van der Waals surface area (Å²) in [6.07, 6.45) is 9.34. The molecule has 2 saturated carbocycles. The second-order valence-corrected chi connectivity index (χ2v) is 7.18. The third-order valence-electron chi connectivity index (χ3n) is 5.95. The zero-order chi connectivity index (χ0) is 16.4. The van der Waals surface area contributed by atoms with Gasteiger partial charge in [-0.2, -0.15) is 0 Å². The summed E-state index contributed by atoms with van der Waals surface area (Å²) in [4.78, 5) is 4.23. The van der Waals surface area contributed by atoms with Crippen molar-refractivity contribution in [1.82, 2.24) is 10.3 Å². The molecule has 0 amide bonds. The van der Waals surface area contributed by atoms with Crippen LogP contribution in [0, 0.1) is 11.8 Å². The Morgan fingerprint density at radius 1 is 1.08 bits per heavy atom. The highest BCUT2D eigenvalue weighted by molar-refractivity contribution is 5.33. The molecule has 0 spiro atoms. The molecule has 2 aliphatic carbocycles. The molecule has 0 saturated heterocycles. The summed E-state index contributed by atoms with van der Waals surface area (Å²) < 4.78 is 5.32. The van der Waals surface area contributed by atoms with Crippen molar-refractivity contribution in [2.45, 2.75) is 44.2 Å². The monoisotopic (exact) mass is 322 g/mol. The summed E-state index contributed by atoms with van der Waals surface area (Å²) >= 11 is 0. The summed E-state index contributed by atoms with van der Waals surface area (Å²) in [7, 11) is 1.73. The van der Waals surface area contributed by atoms with Gasteiger partial charge < -0.3 is 10.1 Å². The van der Waals surface area contributed by atoms with Gasteiger partial charge in [-0.15, -0.1) is 0 Å². The first-order chi connectivity index (χ1) is 11.9. The van der Waals surface area contributed by atoms with Gasteiger partial charge in [-0.3, -0.25) is 4.98 Å². The van der Waals surface area contributed by atoms with Crippen LogP contribution in [0.5, 0.6) is 5.75 Å². The lowest BCUT2D eigenvalue weighted by molar-refractivity contribution is 0.0254. The van der Waals surface area contributed by atoms with E-state index in [1.165, 1.54) is 36.8 Å². The molecule has 4 rings (SSSR count). The first-order valence-electron chi connectivity index (χ1n) is 9.13. The third kappa shape index (κ3) is 2.93. The van der Waals surface area contributed by atoms with Gasteiger partial charge in [0.25, 0.3) is 0 Å². The Labute approximate surface area is 144 Å². The summed E-state index contributed by atoms with van der Waals surface area (Å²) in [5.41, 5.74) is 2.73. The zero-order valence-corrected chi connectivity index (χ0v) is 14.3. The fourth-order valence-electron chi connectivity index (χ4n) is 4.76. The molecule has 2 fully saturated rings. The summed E-state index contributed by atoms with van der Waals surface area (Å²) in [5, 5.41) is 3.84. The van der Waals surface area contributed by atoms with Crippen molar-refractivity contribution in [2.24, 2.45) is 11.8 Å². The Morgan fingerprint density at radius 2 is 1.88 bits per heavy atom. The van der Waals surface area contributed by atoms with Gasteiger partial charge >= 0.3 is 0 Å². The van der Waals surface area contributed by atoms with Gasteiger partial charge in [0.15, 0.2) is 0 Å². The minimum atomic E-state index is 0.587. The number of pyridine rings is 1. The van der Waals surface area contributed by atoms with E-state index in [-0.39, 0.29) is 0 Å². The predicted molar refractivity (Wildman–Crippen MR) is 96.0 cm³/mol. The molecule has 0 unspecified atom stereocenters. The number of ether oxygens (including phenoxy) is 1. The molecule has 3 heteroatoms. The van der Waals surface area contributed by atoms with Crippen LogP contribution in [0.3, 0.4) is 0 Å². The van der Waals surface area contributed by atoms with Crippen LogP contribution in [0.15, 0.2) is 48.8 Å². The maximum Gasteiger partial charge on any atom is 0.118 e. The van der Waals surface area contributed by atoms with E-state index in [1.54, 1.807) is 7.11 Å². The highest BCUT2D eigenvalue weighted by Gasteiger charge is 2.50. The van der Waals surface area contributed by atoms with Gasteiger partial charge in [-0.1, -0.05) is 31.0 Å². The molecule has 1 N–H and O–H groups in total. The van der Waals surface area contributed by atoms with Crippen LogP contribution in [0.4, 0.5) is 0 Å². The lowest BCUT2D eigenvalue weighted by atomic mass is 9.53. The molecule has 1 aromatic heterocycles. The first kappa shape index (κ1) is 15.6. The number of nitrogens with zero attached hydrogens (tertiary/aromatic N) is 1. The second-order valence-electron chi connectivity index (χ2n) is 7.18. The average Bonchev–Trinajstić information content (AvgIpc) is 2.64. The number of rotatable bonds is 5. The van der Waals surface area contributed by atoms with E-state index >= 15 is 0 Å². The highest BCUT2D eigenvalue weighted by atomic mass is 16.5. The SMILES string of the molecule is COc1ccc([C@H]2[C@H]3CCCC[C@@H]3[C@@H]2NCc2cccnc2)cc1. The molecule has 3 nitrogen and oxygen atoms in total. The van der Waals surface area contributed by atoms with Crippen molar-refractivity contribution in [2.75, 3.05) is 7.11 Å². The molecule has 1 aromatic carbocycles. The Morgan fingerprint density at radius 3 is 2.58 bits per heavy atom. The molecule has 2 aliphatic rings. The first-order valence-corrected chi connectivity index (χ1v) is 9.13. The molecule has 0 radical (unpaired) electrons. The zero-order valence-electron chi connectivity index (χ0n) is 14.3. The molecule has 0 bridgehead atoms. The van der Waals surface area contributed by atoms with E-state index in [0.29, 0.717) is 12.0 Å². The van der Waals surface area contributed by atoms with Gasteiger partial charge in [0, 0.05) is 30.9 Å². The summed E-state index contributed by atoms with van der Waals surface area (Å²) in [6.45, 7) is 0.911. The minimum Gasteiger partial charge on any atom is -0.497 e. The molecule has 1 heterocycles. The van der Waals surface area contributed by atoms with Crippen molar-refractivity contribution in [3.63, 3.8) is 0 Å². The maximum absolute atomic E-state index is 5.32. The Kier molecular flexibility index (Phi) is 4.52. The van der Waals surface area contributed by atoms with Gasteiger partial charge in [0.1, 0.15) is 5.75 Å². The summed E-state index contributed by atoms with van der Waals surface area (Å²) in [6, 6.07) is 13.5. The largest absolute Gasteiger partial charge is 0.497 e. The van der Waals surface area contributed by atoms with Crippen LogP contribution in [0.2, 0.25) is 0 Å². The molecule has 0 aliphatic heterocycles. The molecule has 24 heavy (non-hydrogen) atoms. The quantitative estimate of drug-likeness (QED) is 0.898. The predicted octanol–water partition coefficient (Wildman–Crippen LogP) is 4.15. The average molecular weight is 322 g/mol. The third-order valence-corrected chi connectivity index (χ3v) is 5.95. The number of hydrogen-bond donors (Lipinski definition) is 1. The maximum atomic E-state index is 5.32. The number of aromatic nitrogens is 1. The van der Waals surface area contributed by atoms with E-state index < -0.39 is 0 Å². The molecular formula is C21H26N2O. The highest BCUT2D eigenvalue weighted by Crippen LogP contribution is 2.54. The number of hydrogen-bond acceptors (Lipinski definition) is 3. The smallest absolute Gasteiger partial charge is 0.118 e. The van der Waals surface area contributed by atoms with Crippen molar-refractivity contribution in [3.05, 3.63) is 59.9 Å². The Balaban J connectivity index is 1.50. The molecule has 2 aromatic rings. The van der Waals surface area contributed by atoms with E-state index in [2.05, 4.69) is 40.6 Å². The van der Waals surface area contributed by atoms with Crippen LogP contribution in [0.25, 0.3) is 0 Å². The number of fused-ring (bicyclic) bond motifs is 1. The fourth-order valence-corrected chi connectivity index (χ4v) is 4.76. The van der Waals surface area contributed by atoms with Gasteiger partial charge in [-0.05, 0) is 54.0 Å². The van der Waals surface area contributed by atoms with Crippen LogP contribution >= 0.6 is 0 Å². The van der Waals surface area contributed by atoms with Gasteiger partial charge in [-0.25, -0.2) is 0 Å². The van der Waals surface area contributed by atoms with Crippen LogP contribution in [0.1, 0.15) is 42.7 Å². The van der Waals surface area contributed by atoms with Gasteiger partial charge in [0.2, 0.25) is 0 Å². The summed E-state index contributed by atoms with van der Waals surface area (Å²) in [5.74, 6) is 3.26. The van der Waals surface area contributed by atoms with Gasteiger partial charge in [0.05, 0.1) is 7.11 Å². The Hall–Kier alpha value is -1.87. The Bertz CT molecular complexity index is 655. The fraction of sp³-hybridized carbons (Fsp3) is 0.476. The number of nitrogens with one attached hydrogen (secondary N) is 1. The van der Waals surface area contributed by atoms with Crippen molar-refractivity contribution in [1.29, 1.82) is 0 Å². The topological polar surface area (TPSA) is 34.1 Å². The van der Waals surface area contributed by atoms with Crippen molar-refractivity contribution in [3.8, 4) is 5.75 Å². The second kappa shape index (κ2) is 6.94. The lowest BCUT2D eigenvalue weighted by Crippen LogP contribution is -2.57. The van der Waals surface area contributed by atoms with E-state index in [9.17, 15) is 0 Å². The van der Waals surface area contributed by atoms with E-state index in [0.717, 1.165) is 24.1 Å². The molecule has 4 atom stereocenters. The molecular weight excluding hydrogens is 296 g/mol. The van der Waals surface area contributed by atoms with E-state index in [1.807, 2.05) is 18.5 Å². The van der Waals surface area contributed by atoms with Crippen LogP contribution in [-0.4, -0.2) is 18.1 Å². The van der Waals surface area contributed by atoms with Crippen LogP contribution < -0.4 is 10.1 Å². The standard InChI is InChI=1S/C21H26N2O/c1-24-17-10-8-16(9-11-17)20-18-6-2-3-7-19(18)21(20)23-14-15-5-4-12-22-13-15/h4-5,8-13,18-21,23H,2-3,6-7,14H2,1H3/t18-,19-,20-,21-/m0/s1. The number of methoxy groups -OCH3 is 1. The van der Waals surface area contributed by atoms with E-state index in [4.69, 9.17) is 4.74 Å². The van der Waals surface area contributed by atoms with Crippen molar-refractivity contribution < 1.29 is 4.74 Å². The normalized spacial score (nSPS) is 28.7. The lowest BCUT2D eigenvalue weighted by Gasteiger charge is -2.55. The van der Waals surface area contributed by atoms with Crippen LogP contribution in [-0.2, 0) is 6.54 Å².